The fraction of sp³-hybridized carbons (Fsp3) is 0.500. The van der Waals surface area contributed by atoms with Gasteiger partial charge in [-0.25, -0.2) is 0 Å². The summed E-state index contributed by atoms with van der Waals surface area (Å²) in [5, 5.41) is 8.69. The summed E-state index contributed by atoms with van der Waals surface area (Å²) in [5.41, 5.74) is 0.644. The predicted molar refractivity (Wildman–Crippen MR) is 113 cm³/mol. The largest absolute Gasteiger partial charge is 0.377 e. The Hall–Kier alpha value is -3.15. The maximum atomic E-state index is 13.2. The first-order valence-corrected chi connectivity index (χ1v) is 11.0. The Kier molecular flexibility index (Phi) is 5.47. The minimum Gasteiger partial charge on any atom is -0.377 e. The van der Waals surface area contributed by atoms with Gasteiger partial charge in [-0.3, -0.25) is 34.2 Å². The van der Waals surface area contributed by atoms with Crippen LogP contribution in [0.3, 0.4) is 0 Å². The lowest BCUT2D eigenvalue weighted by Crippen LogP contribution is -2.71. The van der Waals surface area contributed by atoms with Crippen molar-refractivity contribution in [1.82, 2.24) is 25.8 Å². The van der Waals surface area contributed by atoms with Crippen LogP contribution in [0.15, 0.2) is 18.2 Å². The number of imide groups is 2. The normalized spacial score (nSPS) is 27.5. The van der Waals surface area contributed by atoms with E-state index >= 15 is 0 Å². The molecule has 4 aliphatic heterocycles. The Labute approximate surface area is 189 Å². The van der Waals surface area contributed by atoms with Gasteiger partial charge in [0, 0.05) is 32.6 Å². The summed E-state index contributed by atoms with van der Waals surface area (Å²) >= 11 is 0. The van der Waals surface area contributed by atoms with Gasteiger partial charge in [0.25, 0.3) is 11.8 Å². The molecule has 11 nitrogen and oxygen atoms in total. The highest BCUT2D eigenvalue weighted by Gasteiger charge is 2.46. The number of hydrogen-bond donors (Lipinski definition) is 3. The van der Waals surface area contributed by atoms with Crippen molar-refractivity contribution in [2.24, 2.45) is 0 Å². The number of piperazine rings is 1. The predicted octanol–water partition coefficient (Wildman–Crippen LogP) is -1.62. The number of hydrogen-bond acceptors (Lipinski definition) is 8. The average molecular weight is 455 g/mol. The average Bonchev–Trinajstić information content (AvgIpc) is 3.05. The summed E-state index contributed by atoms with van der Waals surface area (Å²) in [4.78, 5) is 65.2. The molecule has 3 fully saturated rings. The molecule has 2 atom stereocenters. The summed E-state index contributed by atoms with van der Waals surface area (Å²) in [6.45, 7) is 3.11. The fourth-order valence-corrected chi connectivity index (χ4v) is 5.14. The van der Waals surface area contributed by atoms with Crippen molar-refractivity contribution in [2.45, 2.75) is 31.0 Å². The maximum absolute atomic E-state index is 13.2. The van der Waals surface area contributed by atoms with Crippen molar-refractivity contribution < 1.29 is 28.7 Å². The number of piperidine rings is 1. The zero-order valence-electron chi connectivity index (χ0n) is 18.0. The standard InChI is InChI=1S/C22H25N5O6/c28-16-5-4-15(19(30)25-16)27-20(31)14-3-1-2-13(18(14)21(27)32)8-23-10-22-11-24-9-17(29)26(22)6-7-33-12-22/h1-3,15,23-24H,4-12H2,(H,25,28,30). The van der Waals surface area contributed by atoms with Gasteiger partial charge in [0.05, 0.1) is 36.4 Å². The molecule has 0 bridgehead atoms. The first-order chi connectivity index (χ1) is 15.9. The van der Waals surface area contributed by atoms with Crippen molar-refractivity contribution in [1.29, 1.82) is 0 Å². The van der Waals surface area contributed by atoms with Crippen LogP contribution in [0.5, 0.6) is 0 Å². The van der Waals surface area contributed by atoms with Gasteiger partial charge in [0.1, 0.15) is 6.04 Å². The molecule has 0 radical (unpaired) electrons. The lowest BCUT2D eigenvalue weighted by atomic mass is 9.93. The lowest BCUT2D eigenvalue weighted by Gasteiger charge is -2.50. The molecule has 4 heterocycles. The number of amides is 5. The lowest BCUT2D eigenvalue weighted by molar-refractivity contribution is -0.153. The molecule has 11 heteroatoms. The van der Waals surface area contributed by atoms with Gasteiger partial charge in [0.15, 0.2) is 0 Å². The highest BCUT2D eigenvalue weighted by Crippen LogP contribution is 2.30. The topological polar surface area (TPSA) is 137 Å². The highest BCUT2D eigenvalue weighted by atomic mass is 16.5. The van der Waals surface area contributed by atoms with E-state index in [2.05, 4.69) is 16.0 Å². The zero-order valence-corrected chi connectivity index (χ0v) is 18.0. The van der Waals surface area contributed by atoms with Gasteiger partial charge in [-0.2, -0.15) is 0 Å². The monoisotopic (exact) mass is 455 g/mol. The van der Waals surface area contributed by atoms with E-state index in [-0.39, 0.29) is 29.9 Å². The second kappa shape index (κ2) is 8.32. The van der Waals surface area contributed by atoms with Crippen LogP contribution in [0.4, 0.5) is 0 Å². The van der Waals surface area contributed by atoms with Crippen molar-refractivity contribution in [3.63, 3.8) is 0 Å². The Morgan fingerprint density at radius 1 is 1.15 bits per heavy atom. The number of morpholine rings is 1. The van der Waals surface area contributed by atoms with Crippen LogP contribution in [0, 0.1) is 0 Å². The van der Waals surface area contributed by atoms with Crippen LogP contribution < -0.4 is 16.0 Å². The van der Waals surface area contributed by atoms with Crippen molar-refractivity contribution in [3.8, 4) is 0 Å². The molecule has 1 aromatic carbocycles. The molecule has 0 aliphatic carbocycles. The van der Waals surface area contributed by atoms with Gasteiger partial charge in [-0.1, -0.05) is 12.1 Å². The maximum Gasteiger partial charge on any atom is 0.262 e. The number of nitrogens with zero attached hydrogens (tertiary/aromatic N) is 2. The van der Waals surface area contributed by atoms with Gasteiger partial charge >= 0.3 is 0 Å². The third-order valence-corrected chi connectivity index (χ3v) is 6.76. The van der Waals surface area contributed by atoms with E-state index in [1.807, 2.05) is 4.90 Å². The molecule has 3 saturated heterocycles. The molecular formula is C22H25N5O6. The molecule has 0 saturated carbocycles. The van der Waals surface area contributed by atoms with Crippen molar-refractivity contribution in [2.75, 3.05) is 39.4 Å². The first kappa shape index (κ1) is 21.7. The van der Waals surface area contributed by atoms with Crippen LogP contribution >= 0.6 is 0 Å². The number of benzene rings is 1. The van der Waals surface area contributed by atoms with E-state index in [0.717, 1.165) is 4.90 Å². The van der Waals surface area contributed by atoms with E-state index in [9.17, 15) is 24.0 Å². The van der Waals surface area contributed by atoms with Crippen molar-refractivity contribution in [3.05, 3.63) is 34.9 Å². The Balaban J connectivity index is 1.33. The Morgan fingerprint density at radius 2 is 2.00 bits per heavy atom. The number of nitrogens with one attached hydrogen (secondary N) is 3. The Bertz CT molecular complexity index is 1050. The van der Waals surface area contributed by atoms with Crippen LogP contribution in [-0.4, -0.2) is 90.3 Å². The van der Waals surface area contributed by atoms with Gasteiger partial charge in [-0.15, -0.1) is 0 Å². The first-order valence-electron chi connectivity index (χ1n) is 11.0. The third-order valence-electron chi connectivity index (χ3n) is 6.76. The van der Waals surface area contributed by atoms with Gasteiger partial charge in [0.2, 0.25) is 17.7 Å². The molecule has 5 rings (SSSR count). The fourth-order valence-electron chi connectivity index (χ4n) is 5.14. The number of ether oxygens (including phenoxy) is 1. The molecule has 33 heavy (non-hydrogen) atoms. The van der Waals surface area contributed by atoms with Crippen molar-refractivity contribution >= 4 is 29.5 Å². The van der Waals surface area contributed by atoms with E-state index in [4.69, 9.17) is 4.74 Å². The second-order valence-electron chi connectivity index (χ2n) is 8.82. The molecule has 0 aromatic heterocycles. The van der Waals surface area contributed by atoms with E-state index in [1.54, 1.807) is 18.2 Å². The molecular weight excluding hydrogens is 430 g/mol. The van der Waals surface area contributed by atoms with E-state index in [0.29, 0.717) is 51.5 Å². The summed E-state index contributed by atoms with van der Waals surface area (Å²) in [5.74, 6) is -2.07. The summed E-state index contributed by atoms with van der Waals surface area (Å²) in [6, 6.07) is 4.04. The molecule has 1 aromatic rings. The third kappa shape index (κ3) is 3.62. The number of fused-ring (bicyclic) bond motifs is 2. The van der Waals surface area contributed by atoms with E-state index < -0.39 is 35.2 Å². The highest BCUT2D eigenvalue weighted by molar-refractivity contribution is 6.24. The number of carbonyl (C=O) groups is 5. The van der Waals surface area contributed by atoms with Crippen LogP contribution in [0.2, 0.25) is 0 Å². The van der Waals surface area contributed by atoms with Crippen LogP contribution in [-0.2, 0) is 25.7 Å². The van der Waals surface area contributed by atoms with Crippen LogP contribution in [0.25, 0.3) is 0 Å². The van der Waals surface area contributed by atoms with Gasteiger partial charge < -0.3 is 20.3 Å². The van der Waals surface area contributed by atoms with Gasteiger partial charge in [-0.05, 0) is 18.1 Å². The zero-order chi connectivity index (χ0) is 23.2. The van der Waals surface area contributed by atoms with E-state index in [1.165, 1.54) is 0 Å². The SMILES string of the molecule is O=C1CCC(N2C(=O)c3cccc(CNCC45CNCC(=O)N4CCOC5)c3C2=O)C(=O)N1. The summed E-state index contributed by atoms with van der Waals surface area (Å²) in [7, 11) is 0. The minimum atomic E-state index is -0.998. The number of rotatable bonds is 5. The smallest absolute Gasteiger partial charge is 0.262 e. The summed E-state index contributed by atoms with van der Waals surface area (Å²) in [6.07, 6.45) is 0.189. The second-order valence-corrected chi connectivity index (χ2v) is 8.82. The molecule has 5 amide bonds. The number of carbonyl (C=O) groups excluding carboxylic acids is 5. The minimum absolute atomic E-state index is 0.0348. The molecule has 0 spiro atoms. The Morgan fingerprint density at radius 3 is 2.82 bits per heavy atom. The molecule has 2 unspecified atom stereocenters. The quantitative estimate of drug-likeness (QED) is 0.451. The molecule has 3 N–H and O–H groups in total. The molecule has 174 valence electrons. The molecule has 4 aliphatic rings. The van der Waals surface area contributed by atoms with Crippen LogP contribution in [0.1, 0.15) is 39.1 Å². The summed E-state index contributed by atoms with van der Waals surface area (Å²) < 4.78 is 5.66.